The first-order chi connectivity index (χ1) is 15.0. The second kappa shape index (κ2) is 9.24. The van der Waals surface area contributed by atoms with E-state index >= 15 is 0 Å². The Labute approximate surface area is 187 Å². The molecular formula is C23H17ClFN3O2S. The third-order valence-corrected chi connectivity index (χ3v) is 6.05. The van der Waals surface area contributed by atoms with Crippen LogP contribution in [0.15, 0.2) is 79.4 Å². The van der Waals surface area contributed by atoms with Crippen molar-refractivity contribution in [1.29, 1.82) is 0 Å². The van der Waals surface area contributed by atoms with Crippen LogP contribution in [0.4, 0.5) is 4.39 Å². The standard InChI is InChI=1S/C23H17ClFN3O2S/c24-17-5-1-15(2-6-17)20-9-10-21(31-20)23(30)27-19(13-28-12-11-26-14-28)22(29)16-3-7-18(25)8-4-16/h1-12,14,19H,13H2,(H,27,30). The first-order valence-electron chi connectivity index (χ1n) is 9.42. The lowest BCUT2D eigenvalue weighted by molar-refractivity contribution is 0.0850. The van der Waals surface area contributed by atoms with Gasteiger partial charge in [0.15, 0.2) is 5.78 Å². The first-order valence-corrected chi connectivity index (χ1v) is 10.6. The van der Waals surface area contributed by atoms with Gasteiger partial charge in [-0.3, -0.25) is 9.59 Å². The summed E-state index contributed by atoms with van der Waals surface area (Å²) in [4.78, 5) is 31.3. The number of imidazole rings is 1. The number of hydrogen-bond acceptors (Lipinski definition) is 4. The van der Waals surface area contributed by atoms with Gasteiger partial charge < -0.3 is 9.88 Å². The zero-order chi connectivity index (χ0) is 21.8. The molecule has 0 radical (unpaired) electrons. The molecule has 4 rings (SSSR count). The maximum atomic E-state index is 13.3. The molecule has 0 fully saturated rings. The number of carbonyl (C=O) groups excluding carboxylic acids is 2. The van der Waals surface area contributed by atoms with E-state index < -0.39 is 11.9 Å². The van der Waals surface area contributed by atoms with E-state index in [4.69, 9.17) is 11.6 Å². The Hall–Kier alpha value is -3.29. The Balaban J connectivity index is 1.54. The molecule has 0 aliphatic rings. The summed E-state index contributed by atoms with van der Waals surface area (Å²) in [5, 5.41) is 3.46. The molecular weight excluding hydrogens is 437 g/mol. The Morgan fingerprint density at radius 3 is 2.48 bits per heavy atom. The molecule has 0 aliphatic heterocycles. The van der Waals surface area contributed by atoms with Gasteiger partial charge in [-0.1, -0.05) is 23.7 Å². The normalized spacial score (nSPS) is 11.8. The molecule has 1 atom stereocenters. The second-order valence-corrected chi connectivity index (χ2v) is 8.35. The predicted octanol–water partition coefficient (Wildman–Crippen LogP) is 5.09. The van der Waals surface area contributed by atoms with Crippen molar-refractivity contribution < 1.29 is 14.0 Å². The molecule has 0 bridgehead atoms. The third-order valence-electron chi connectivity index (χ3n) is 4.66. The average Bonchev–Trinajstić information content (AvgIpc) is 3.46. The van der Waals surface area contributed by atoms with Crippen LogP contribution in [0.2, 0.25) is 5.02 Å². The summed E-state index contributed by atoms with van der Waals surface area (Å²) in [7, 11) is 0. The van der Waals surface area contributed by atoms with E-state index in [1.54, 1.807) is 41.5 Å². The molecule has 0 saturated carbocycles. The topological polar surface area (TPSA) is 64.0 Å². The average molecular weight is 454 g/mol. The number of rotatable bonds is 7. The van der Waals surface area contributed by atoms with Crippen LogP contribution < -0.4 is 5.32 Å². The van der Waals surface area contributed by atoms with Crippen LogP contribution in [0.5, 0.6) is 0 Å². The van der Waals surface area contributed by atoms with E-state index in [1.807, 2.05) is 18.2 Å². The number of carbonyl (C=O) groups is 2. The number of Topliss-reactive ketones (excluding diaryl/α,β-unsaturated/α-hetero) is 1. The Morgan fingerprint density at radius 1 is 1.06 bits per heavy atom. The number of benzene rings is 2. The molecule has 0 spiro atoms. The molecule has 2 aromatic carbocycles. The van der Waals surface area contributed by atoms with Crippen molar-refractivity contribution in [2.75, 3.05) is 0 Å². The highest BCUT2D eigenvalue weighted by Crippen LogP contribution is 2.29. The fourth-order valence-electron chi connectivity index (χ4n) is 3.07. The number of halogens is 2. The van der Waals surface area contributed by atoms with Crippen molar-refractivity contribution in [2.24, 2.45) is 0 Å². The number of nitrogens with one attached hydrogen (secondary N) is 1. The van der Waals surface area contributed by atoms with Gasteiger partial charge in [-0.05, 0) is 54.1 Å². The smallest absolute Gasteiger partial charge is 0.262 e. The van der Waals surface area contributed by atoms with Gasteiger partial charge in [0.1, 0.15) is 11.9 Å². The highest BCUT2D eigenvalue weighted by molar-refractivity contribution is 7.17. The highest BCUT2D eigenvalue weighted by atomic mass is 35.5. The number of thiophene rings is 1. The minimum Gasteiger partial charge on any atom is -0.339 e. The summed E-state index contributed by atoms with van der Waals surface area (Å²) >= 11 is 7.26. The second-order valence-electron chi connectivity index (χ2n) is 6.83. The summed E-state index contributed by atoms with van der Waals surface area (Å²) in [6.07, 6.45) is 4.88. The van der Waals surface area contributed by atoms with Crippen LogP contribution >= 0.6 is 22.9 Å². The Kier molecular flexibility index (Phi) is 6.25. The van der Waals surface area contributed by atoms with Gasteiger partial charge in [0.25, 0.3) is 5.91 Å². The van der Waals surface area contributed by atoms with Gasteiger partial charge in [0.05, 0.1) is 17.7 Å². The quantitative estimate of drug-likeness (QED) is 0.396. The van der Waals surface area contributed by atoms with Crippen LogP contribution in [0.25, 0.3) is 10.4 Å². The van der Waals surface area contributed by atoms with E-state index in [-0.39, 0.29) is 18.2 Å². The SMILES string of the molecule is O=C(NC(Cn1ccnc1)C(=O)c1ccc(F)cc1)c1ccc(-c2ccc(Cl)cc2)s1. The van der Waals surface area contributed by atoms with E-state index in [0.717, 1.165) is 10.4 Å². The molecule has 8 heteroatoms. The fourth-order valence-corrected chi connectivity index (χ4v) is 4.11. The highest BCUT2D eigenvalue weighted by Gasteiger charge is 2.24. The minimum atomic E-state index is -0.840. The number of nitrogens with zero attached hydrogens (tertiary/aromatic N) is 2. The molecule has 1 N–H and O–H groups in total. The minimum absolute atomic E-state index is 0.206. The zero-order valence-corrected chi connectivity index (χ0v) is 17.7. The van der Waals surface area contributed by atoms with E-state index in [0.29, 0.717) is 15.5 Å². The molecule has 31 heavy (non-hydrogen) atoms. The molecule has 5 nitrogen and oxygen atoms in total. The van der Waals surface area contributed by atoms with Crippen LogP contribution in [0.3, 0.4) is 0 Å². The van der Waals surface area contributed by atoms with Crippen molar-refractivity contribution in [2.45, 2.75) is 12.6 Å². The molecule has 0 saturated heterocycles. The van der Waals surface area contributed by atoms with E-state index in [1.165, 1.54) is 35.6 Å². The van der Waals surface area contributed by atoms with Gasteiger partial charge in [0, 0.05) is 27.9 Å². The van der Waals surface area contributed by atoms with Gasteiger partial charge in [0.2, 0.25) is 0 Å². The van der Waals surface area contributed by atoms with E-state index in [9.17, 15) is 14.0 Å². The van der Waals surface area contributed by atoms with Crippen molar-refractivity contribution in [1.82, 2.24) is 14.9 Å². The molecule has 0 aliphatic carbocycles. The molecule has 1 amide bonds. The van der Waals surface area contributed by atoms with Crippen molar-refractivity contribution >= 4 is 34.6 Å². The summed E-state index contributed by atoms with van der Waals surface area (Å²) in [6.45, 7) is 0.206. The van der Waals surface area contributed by atoms with Crippen molar-refractivity contribution in [3.05, 3.63) is 101 Å². The fraction of sp³-hybridized carbons (Fsp3) is 0.0870. The maximum absolute atomic E-state index is 13.3. The number of aromatic nitrogens is 2. The zero-order valence-electron chi connectivity index (χ0n) is 16.2. The van der Waals surface area contributed by atoms with Gasteiger partial charge in [-0.25, -0.2) is 9.37 Å². The molecule has 4 aromatic rings. The largest absolute Gasteiger partial charge is 0.339 e. The first kappa shape index (κ1) is 21.0. The predicted molar refractivity (Wildman–Crippen MR) is 119 cm³/mol. The summed E-state index contributed by atoms with van der Waals surface area (Å²) in [5.41, 5.74) is 1.27. The van der Waals surface area contributed by atoms with Crippen LogP contribution in [-0.4, -0.2) is 27.3 Å². The Morgan fingerprint density at radius 2 is 1.81 bits per heavy atom. The summed E-state index contributed by atoms with van der Waals surface area (Å²) in [6, 6.07) is 15.4. The van der Waals surface area contributed by atoms with Gasteiger partial charge in [-0.15, -0.1) is 11.3 Å². The summed E-state index contributed by atoms with van der Waals surface area (Å²) in [5.74, 6) is -1.10. The summed E-state index contributed by atoms with van der Waals surface area (Å²) < 4.78 is 15.0. The van der Waals surface area contributed by atoms with Crippen LogP contribution in [0, 0.1) is 5.82 Å². The van der Waals surface area contributed by atoms with Crippen molar-refractivity contribution in [3.8, 4) is 10.4 Å². The third kappa shape index (κ3) is 5.07. The van der Waals surface area contributed by atoms with Gasteiger partial charge >= 0.3 is 0 Å². The maximum Gasteiger partial charge on any atom is 0.262 e. The lowest BCUT2D eigenvalue weighted by Crippen LogP contribution is -2.43. The molecule has 2 aromatic heterocycles. The number of amides is 1. The monoisotopic (exact) mass is 453 g/mol. The number of hydrogen-bond donors (Lipinski definition) is 1. The lowest BCUT2D eigenvalue weighted by atomic mass is 10.0. The van der Waals surface area contributed by atoms with Crippen LogP contribution in [0.1, 0.15) is 20.0 Å². The Bertz CT molecular complexity index is 1190. The number of ketones is 1. The molecule has 2 heterocycles. The molecule has 1 unspecified atom stereocenters. The van der Waals surface area contributed by atoms with E-state index in [2.05, 4.69) is 10.3 Å². The van der Waals surface area contributed by atoms with Crippen molar-refractivity contribution in [3.63, 3.8) is 0 Å². The molecule has 156 valence electrons. The lowest BCUT2D eigenvalue weighted by Gasteiger charge is -2.18. The van der Waals surface area contributed by atoms with Gasteiger partial charge in [-0.2, -0.15) is 0 Å². The van der Waals surface area contributed by atoms with Crippen LogP contribution in [-0.2, 0) is 6.54 Å².